The monoisotopic (exact) mass is 253 g/mol. The molecule has 0 bridgehead atoms. The van der Waals surface area contributed by atoms with Gasteiger partial charge in [0.2, 0.25) is 0 Å². The van der Waals surface area contributed by atoms with Gasteiger partial charge >= 0.3 is 0 Å². The molecule has 0 aromatic heterocycles. The minimum atomic E-state index is -0.551. The van der Waals surface area contributed by atoms with Crippen LogP contribution in [0.15, 0.2) is 30.0 Å². The van der Waals surface area contributed by atoms with Crippen molar-refractivity contribution in [2.45, 2.75) is 25.3 Å². The summed E-state index contributed by atoms with van der Waals surface area (Å²) in [5.74, 6) is -0.204. The molecule has 1 heterocycles. The third kappa shape index (κ3) is 3.07. The van der Waals surface area contributed by atoms with Crippen LogP contribution in [0.1, 0.15) is 18.4 Å². The molecule has 1 N–H and O–H groups in total. The molecule has 98 valence electrons. The van der Waals surface area contributed by atoms with Gasteiger partial charge in [-0.3, -0.25) is 0 Å². The van der Waals surface area contributed by atoms with Gasteiger partial charge < -0.3 is 10.1 Å². The number of benzene rings is 1. The van der Waals surface area contributed by atoms with Gasteiger partial charge in [0.25, 0.3) is 0 Å². The summed E-state index contributed by atoms with van der Waals surface area (Å²) in [7, 11) is 1.81. The molecule has 0 radical (unpaired) electrons. The van der Waals surface area contributed by atoms with Crippen molar-refractivity contribution in [3.8, 4) is 0 Å². The number of allylic oxidation sites excluding steroid dienone is 1. The van der Waals surface area contributed by atoms with Crippen LogP contribution in [0.5, 0.6) is 0 Å². The second-order valence-corrected chi connectivity index (χ2v) is 4.38. The van der Waals surface area contributed by atoms with Crippen LogP contribution >= 0.6 is 0 Å². The first-order valence-corrected chi connectivity index (χ1v) is 6.14. The van der Waals surface area contributed by atoms with Crippen molar-refractivity contribution in [3.63, 3.8) is 0 Å². The van der Waals surface area contributed by atoms with Crippen LogP contribution in [-0.4, -0.2) is 19.7 Å². The van der Waals surface area contributed by atoms with Crippen molar-refractivity contribution in [2.24, 2.45) is 0 Å². The first kappa shape index (κ1) is 13.0. The van der Waals surface area contributed by atoms with Crippen LogP contribution in [0.3, 0.4) is 0 Å². The quantitative estimate of drug-likeness (QED) is 0.891. The van der Waals surface area contributed by atoms with E-state index in [0.717, 1.165) is 24.7 Å². The van der Waals surface area contributed by atoms with Crippen molar-refractivity contribution in [2.75, 3.05) is 13.7 Å². The lowest BCUT2D eigenvalue weighted by Gasteiger charge is -2.23. The highest BCUT2D eigenvalue weighted by Crippen LogP contribution is 2.19. The summed E-state index contributed by atoms with van der Waals surface area (Å²) in [6.07, 6.45) is 4.49. The molecule has 1 aromatic carbocycles. The minimum Gasteiger partial charge on any atom is -0.497 e. The summed E-state index contributed by atoms with van der Waals surface area (Å²) in [4.78, 5) is 0. The summed E-state index contributed by atoms with van der Waals surface area (Å²) in [5, 5.41) is 3.11. The van der Waals surface area contributed by atoms with Gasteiger partial charge in [-0.1, -0.05) is 6.07 Å². The summed E-state index contributed by atoms with van der Waals surface area (Å²) >= 11 is 0. The Bertz CT molecular complexity index is 445. The molecule has 0 spiro atoms. The topological polar surface area (TPSA) is 21.3 Å². The summed E-state index contributed by atoms with van der Waals surface area (Å²) < 4.78 is 32.0. The lowest BCUT2D eigenvalue weighted by Crippen LogP contribution is -2.32. The van der Waals surface area contributed by atoms with Crippen molar-refractivity contribution < 1.29 is 13.5 Å². The highest BCUT2D eigenvalue weighted by molar-refractivity contribution is 5.22. The Morgan fingerprint density at radius 2 is 2.22 bits per heavy atom. The molecule has 2 nitrogen and oxygen atoms in total. The standard InChI is InChI=1S/C14H17F2NO/c1-17-13(14-4-2-3-7-18-14)8-10-5-6-11(15)9-12(10)16/h4-6,9,13,17H,2-3,7-8H2,1H3. The van der Waals surface area contributed by atoms with E-state index in [1.165, 1.54) is 12.1 Å². The normalized spacial score (nSPS) is 16.9. The molecule has 4 heteroatoms. The van der Waals surface area contributed by atoms with Gasteiger partial charge in [-0.2, -0.15) is 0 Å². The van der Waals surface area contributed by atoms with Crippen LogP contribution < -0.4 is 5.32 Å². The lowest BCUT2D eigenvalue weighted by atomic mass is 10.0. The highest BCUT2D eigenvalue weighted by atomic mass is 19.1. The SMILES string of the molecule is CNC(Cc1ccc(F)cc1F)C1=CCCCO1. The van der Waals surface area contributed by atoms with Crippen LogP contribution in [0.2, 0.25) is 0 Å². The van der Waals surface area contributed by atoms with Gasteiger partial charge in [0.05, 0.1) is 12.6 Å². The van der Waals surface area contributed by atoms with Gasteiger partial charge in [0, 0.05) is 6.07 Å². The molecule has 1 unspecified atom stereocenters. The maximum absolute atomic E-state index is 13.6. The van der Waals surface area contributed by atoms with Crippen molar-refractivity contribution in [1.29, 1.82) is 0 Å². The second-order valence-electron chi connectivity index (χ2n) is 4.38. The smallest absolute Gasteiger partial charge is 0.129 e. The van der Waals surface area contributed by atoms with Gasteiger partial charge in [0.1, 0.15) is 17.4 Å². The Kier molecular flexibility index (Phi) is 4.31. The van der Waals surface area contributed by atoms with Crippen molar-refractivity contribution in [3.05, 3.63) is 47.2 Å². The van der Waals surface area contributed by atoms with E-state index in [9.17, 15) is 8.78 Å². The van der Waals surface area contributed by atoms with Crippen LogP contribution in [0, 0.1) is 11.6 Å². The molecule has 1 aromatic rings. The number of hydrogen-bond acceptors (Lipinski definition) is 2. The molecule has 0 saturated carbocycles. The maximum atomic E-state index is 13.6. The van der Waals surface area contributed by atoms with Crippen LogP contribution in [0.4, 0.5) is 8.78 Å². The predicted octanol–water partition coefficient (Wildman–Crippen LogP) is 2.79. The Balaban J connectivity index is 2.12. The maximum Gasteiger partial charge on any atom is 0.129 e. The zero-order valence-electron chi connectivity index (χ0n) is 10.4. The summed E-state index contributed by atoms with van der Waals surface area (Å²) in [5.41, 5.74) is 0.492. The molecule has 0 aliphatic carbocycles. The predicted molar refractivity (Wildman–Crippen MR) is 66.2 cm³/mol. The van der Waals surface area contributed by atoms with Crippen molar-refractivity contribution >= 4 is 0 Å². The number of halogens is 2. The van der Waals surface area contributed by atoms with Gasteiger partial charge in [-0.25, -0.2) is 8.78 Å². The van der Waals surface area contributed by atoms with Gasteiger partial charge in [-0.05, 0) is 44.0 Å². The largest absolute Gasteiger partial charge is 0.497 e. The molecule has 0 saturated heterocycles. The Morgan fingerprint density at radius 1 is 1.39 bits per heavy atom. The van der Waals surface area contributed by atoms with E-state index in [1.54, 1.807) is 0 Å². The van der Waals surface area contributed by atoms with E-state index in [1.807, 2.05) is 13.1 Å². The van der Waals surface area contributed by atoms with E-state index in [2.05, 4.69) is 5.32 Å². The summed E-state index contributed by atoms with van der Waals surface area (Å²) in [6.45, 7) is 0.704. The fourth-order valence-corrected chi connectivity index (χ4v) is 2.07. The Morgan fingerprint density at radius 3 is 2.83 bits per heavy atom. The van der Waals surface area contributed by atoms with Crippen LogP contribution in [0.25, 0.3) is 0 Å². The van der Waals surface area contributed by atoms with Gasteiger partial charge in [0.15, 0.2) is 0 Å². The second kappa shape index (κ2) is 5.96. The van der Waals surface area contributed by atoms with E-state index < -0.39 is 11.6 Å². The lowest BCUT2D eigenvalue weighted by molar-refractivity contribution is 0.169. The van der Waals surface area contributed by atoms with E-state index in [4.69, 9.17) is 4.74 Å². The first-order chi connectivity index (χ1) is 8.70. The zero-order chi connectivity index (χ0) is 13.0. The Labute approximate surface area is 106 Å². The van der Waals surface area contributed by atoms with Crippen LogP contribution in [-0.2, 0) is 11.2 Å². The molecule has 2 rings (SSSR count). The molecule has 0 amide bonds. The third-order valence-corrected chi connectivity index (χ3v) is 3.09. The Hall–Kier alpha value is -1.42. The summed E-state index contributed by atoms with van der Waals surface area (Å²) in [6, 6.07) is 3.61. The number of nitrogens with one attached hydrogen (secondary N) is 1. The number of rotatable bonds is 4. The molecule has 18 heavy (non-hydrogen) atoms. The van der Waals surface area contributed by atoms with E-state index in [0.29, 0.717) is 18.6 Å². The van der Waals surface area contributed by atoms with E-state index >= 15 is 0 Å². The molecule has 1 atom stereocenters. The minimum absolute atomic E-state index is 0.0646. The fraction of sp³-hybridized carbons (Fsp3) is 0.429. The highest BCUT2D eigenvalue weighted by Gasteiger charge is 2.18. The van der Waals surface area contributed by atoms with Gasteiger partial charge in [-0.15, -0.1) is 0 Å². The zero-order valence-corrected chi connectivity index (χ0v) is 10.4. The average molecular weight is 253 g/mol. The fourth-order valence-electron chi connectivity index (χ4n) is 2.07. The molecular weight excluding hydrogens is 236 g/mol. The first-order valence-electron chi connectivity index (χ1n) is 6.14. The number of ether oxygens (including phenoxy) is 1. The average Bonchev–Trinajstić information content (AvgIpc) is 2.39. The molecule has 0 fully saturated rings. The number of likely N-dealkylation sites (N-methyl/N-ethyl adjacent to an activating group) is 1. The molecule has 1 aliphatic rings. The third-order valence-electron chi connectivity index (χ3n) is 3.09. The van der Waals surface area contributed by atoms with E-state index in [-0.39, 0.29) is 6.04 Å². The molecule has 1 aliphatic heterocycles. The van der Waals surface area contributed by atoms with Crippen molar-refractivity contribution in [1.82, 2.24) is 5.32 Å². The number of hydrogen-bond donors (Lipinski definition) is 1. The molecular formula is C14H17F2NO.